The van der Waals surface area contributed by atoms with Crippen molar-refractivity contribution in [1.29, 1.82) is 5.26 Å². The Morgan fingerprint density at radius 1 is 1.23 bits per heavy atom. The first kappa shape index (κ1) is 21.3. The molecular formula is C24H26N4O2S. The average molecular weight is 435 g/mol. The number of nitrogens with zero attached hydrogens (tertiary/aromatic N) is 3. The maximum Gasteiger partial charge on any atom is 0.226 e. The van der Waals surface area contributed by atoms with Crippen LogP contribution in [0.2, 0.25) is 0 Å². The minimum Gasteiger partial charge on any atom is -0.468 e. The van der Waals surface area contributed by atoms with Crippen molar-refractivity contribution in [2.24, 2.45) is 0 Å². The van der Waals surface area contributed by atoms with E-state index < -0.39 is 0 Å². The van der Waals surface area contributed by atoms with E-state index >= 15 is 0 Å². The van der Waals surface area contributed by atoms with Gasteiger partial charge in [-0.05, 0) is 55.0 Å². The third-order valence-corrected chi connectivity index (χ3v) is 6.74. The SMILES string of the molecule is N#Cc1c(NC(=O)CCN(Cc2cccnc2)Cc2ccco2)sc2c1CCCCC2. The van der Waals surface area contributed by atoms with Crippen LogP contribution in [0.25, 0.3) is 0 Å². The average Bonchev–Trinajstić information content (AvgIpc) is 3.34. The van der Waals surface area contributed by atoms with Gasteiger partial charge in [-0.15, -0.1) is 11.3 Å². The van der Waals surface area contributed by atoms with E-state index in [1.807, 2.05) is 30.5 Å². The van der Waals surface area contributed by atoms with Crippen molar-refractivity contribution in [2.45, 2.75) is 51.6 Å². The van der Waals surface area contributed by atoms with Crippen LogP contribution in [-0.2, 0) is 30.7 Å². The number of aryl methyl sites for hydroxylation is 1. The molecule has 3 aromatic rings. The molecule has 0 radical (unpaired) electrons. The van der Waals surface area contributed by atoms with Gasteiger partial charge in [0.2, 0.25) is 5.91 Å². The number of rotatable bonds is 8. The van der Waals surface area contributed by atoms with Gasteiger partial charge >= 0.3 is 0 Å². The Kier molecular flexibility index (Phi) is 7.13. The normalized spacial score (nSPS) is 13.4. The number of aromatic nitrogens is 1. The lowest BCUT2D eigenvalue weighted by atomic mass is 10.1. The highest BCUT2D eigenvalue weighted by molar-refractivity contribution is 7.16. The Morgan fingerprint density at radius 2 is 2.13 bits per heavy atom. The largest absolute Gasteiger partial charge is 0.468 e. The molecule has 1 amide bonds. The van der Waals surface area contributed by atoms with Crippen LogP contribution in [0, 0.1) is 11.3 Å². The van der Waals surface area contributed by atoms with Crippen molar-refractivity contribution in [1.82, 2.24) is 9.88 Å². The molecule has 1 N–H and O–H groups in total. The Hall–Kier alpha value is -2.95. The van der Waals surface area contributed by atoms with Crippen molar-refractivity contribution < 1.29 is 9.21 Å². The number of thiophene rings is 1. The molecule has 3 aromatic heterocycles. The van der Waals surface area contributed by atoms with Crippen molar-refractivity contribution in [3.8, 4) is 6.07 Å². The van der Waals surface area contributed by atoms with Gasteiger partial charge in [-0.3, -0.25) is 14.7 Å². The van der Waals surface area contributed by atoms with E-state index in [0.717, 1.165) is 42.6 Å². The van der Waals surface area contributed by atoms with E-state index in [9.17, 15) is 10.1 Å². The summed E-state index contributed by atoms with van der Waals surface area (Å²) in [7, 11) is 0. The van der Waals surface area contributed by atoms with Gasteiger partial charge in [-0.2, -0.15) is 5.26 Å². The third-order valence-electron chi connectivity index (χ3n) is 5.53. The molecule has 0 aromatic carbocycles. The molecule has 0 atom stereocenters. The van der Waals surface area contributed by atoms with E-state index in [2.05, 4.69) is 21.3 Å². The third kappa shape index (κ3) is 5.60. The summed E-state index contributed by atoms with van der Waals surface area (Å²) in [6.07, 6.45) is 11.0. The van der Waals surface area contributed by atoms with Gasteiger partial charge in [0.1, 0.15) is 16.8 Å². The summed E-state index contributed by atoms with van der Waals surface area (Å²) in [5, 5.41) is 13.4. The lowest BCUT2D eigenvalue weighted by molar-refractivity contribution is -0.116. The lowest BCUT2D eigenvalue weighted by Gasteiger charge is -2.21. The summed E-state index contributed by atoms with van der Waals surface area (Å²) >= 11 is 1.58. The molecule has 7 heteroatoms. The van der Waals surface area contributed by atoms with E-state index in [0.29, 0.717) is 36.6 Å². The van der Waals surface area contributed by atoms with Crippen LogP contribution in [0.4, 0.5) is 5.00 Å². The molecule has 31 heavy (non-hydrogen) atoms. The van der Waals surface area contributed by atoms with Gasteiger partial charge in [0.25, 0.3) is 0 Å². The van der Waals surface area contributed by atoms with Gasteiger partial charge in [0, 0.05) is 36.8 Å². The van der Waals surface area contributed by atoms with Crippen molar-refractivity contribution >= 4 is 22.2 Å². The minimum atomic E-state index is -0.0662. The van der Waals surface area contributed by atoms with Gasteiger partial charge in [-0.25, -0.2) is 0 Å². The summed E-state index contributed by atoms with van der Waals surface area (Å²) < 4.78 is 5.50. The quantitative estimate of drug-likeness (QED) is 0.510. The molecule has 6 nitrogen and oxygen atoms in total. The fraction of sp³-hybridized carbons (Fsp3) is 0.375. The molecule has 4 rings (SSSR count). The van der Waals surface area contributed by atoms with Gasteiger partial charge in [0.05, 0.1) is 18.4 Å². The molecule has 3 heterocycles. The van der Waals surface area contributed by atoms with Crippen LogP contribution in [0.3, 0.4) is 0 Å². The first-order valence-corrected chi connectivity index (χ1v) is 11.5. The number of nitrogens with one attached hydrogen (secondary N) is 1. The number of fused-ring (bicyclic) bond motifs is 1. The summed E-state index contributed by atoms with van der Waals surface area (Å²) in [6.45, 7) is 1.87. The Morgan fingerprint density at radius 3 is 2.90 bits per heavy atom. The standard InChI is InChI=1S/C24H26N4O2S/c25-14-21-20-8-2-1-3-9-22(20)31-24(21)27-23(29)10-12-28(17-19-7-5-13-30-19)16-18-6-4-11-26-15-18/h4-7,11,13,15H,1-3,8-10,12,16-17H2,(H,27,29). The summed E-state index contributed by atoms with van der Waals surface area (Å²) in [5.41, 5.74) is 2.90. The molecule has 0 fully saturated rings. The number of nitriles is 1. The second-order valence-electron chi connectivity index (χ2n) is 7.83. The first-order valence-electron chi connectivity index (χ1n) is 10.7. The molecule has 0 unspecified atom stereocenters. The lowest BCUT2D eigenvalue weighted by Crippen LogP contribution is -2.27. The molecule has 160 valence electrons. The first-order chi connectivity index (χ1) is 15.2. The van der Waals surface area contributed by atoms with E-state index in [4.69, 9.17) is 4.42 Å². The van der Waals surface area contributed by atoms with Crippen LogP contribution in [-0.4, -0.2) is 22.3 Å². The van der Waals surface area contributed by atoms with Crippen LogP contribution >= 0.6 is 11.3 Å². The van der Waals surface area contributed by atoms with Gasteiger partial charge in [-0.1, -0.05) is 12.5 Å². The fourth-order valence-corrected chi connectivity index (χ4v) is 5.24. The summed E-state index contributed by atoms with van der Waals surface area (Å²) in [5.74, 6) is 0.793. The van der Waals surface area contributed by atoms with E-state index in [1.54, 1.807) is 23.8 Å². The predicted octanol–water partition coefficient (Wildman–Crippen LogP) is 4.91. The topological polar surface area (TPSA) is 82.2 Å². The number of hydrogen-bond donors (Lipinski definition) is 1. The fourth-order valence-electron chi connectivity index (χ4n) is 3.98. The van der Waals surface area contributed by atoms with Gasteiger partial charge in [0.15, 0.2) is 0 Å². The Bertz CT molecular complexity index is 1040. The van der Waals surface area contributed by atoms with Gasteiger partial charge < -0.3 is 9.73 Å². The molecule has 1 aliphatic rings. The van der Waals surface area contributed by atoms with Crippen molar-refractivity contribution in [3.05, 3.63) is 70.3 Å². The number of hydrogen-bond acceptors (Lipinski definition) is 6. The predicted molar refractivity (Wildman–Crippen MR) is 121 cm³/mol. The highest BCUT2D eigenvalue weighted by Crippen LogP contribution is 2.37. The van der Waals surface area contributed by atoms with E-state index in [-0.39, 0.29) is 5.91 Å². The monoisotopic (exact) mass is 434 g/mol. The maximum atomic E-state index is 12.7. The second-order valence-corrected chi connectivity index (χ2v) is 8.94. The minimum absolute atomic E-state index is 0.0662. The highest BCUT2D eigenvalue weighted by atomic mass is 32.1. The number of amides is 1. The van der Waals surface area contributed by atoms with Crippen molar-refractivity contribution in [3.63, 3.8) is 0 Å². The second kappa shape index (κ2) is 10.4. The van der Waals surface area contributed by atoms with Crippen LogP contribution in [0.1, 0.15) is 53.0 Å². The number of anilines is 1. The zero-order valence-electron chi connectivity index (χ0n) is 17.5. The van der Waals surface area contributed by atoms with Crippen molar-refractivity contribution in [2.75, 3.05) is 11.9 Å². The maximum absolute atomic E-state index is 12.7. The molecular weight excluding hydrogens is 408 g/mol. The molecule has 0 spiro atoms. The molecule has 1 aliphatic carbocycles. The Labute approximate surface area is 186 Å². The van der Waals surface area contributed by atoms with Crippen LogP contribution in [0.5, 0.6) is 0 Å². The highest BCUT2D eigenvalue weighted by Gasteiger charge is 2.21. The Balaban J connectivity index is 1.40. The molecule has 0 aliphatic heterocycles. The van der Waals surface area contributed by atoms with Crippen LogP contribution < -0.4 is 5.32 Å². The number of pyridine rings is 1. The number of carbonyl (C=O) groups is 1. The van der Waals surface area contributed by atoms with Crippen LogP contribution in [0.15, 0.2) is 47.3 Å². The smallest absolute Gasteiger partial charge is 0.226 e. The van der Waals surface area contributed by atoms with E-state index in [1.165, 1.54) is 11.3 Å². The zero-order chi connectivity index (χ0) is 21.5. The molecule has 0 bridgehead atoms. The number of furan rings is 1. The summed E-state index contributed by atoms with van der Waals surface area (Å²) in [4.78, 5) is 20.4. The zero-order valence-corrected chi connectivity index (χ0v) is 18.3. The number of carbonyl (C=O) groups excluding carboxylic acids is 1. The molecule has 0 saturated carbocycles. The molecule has 0 saturated heterocycles. The summed E-state index contributed by atoms with van der Waals surface area (Å²) in [6, 6.07) is 10.1.